The maximum absolute atomic E-state index is 5.02. The third kappa shape index (κ3) is 1.61. The van der Waals surface area contributed by atoms with Crippen molar-refractivity contribution in [3.05, 3.63) is 41.7 Å². The smallest absolute Gasteiger partial charge is 0.140 e. The maximum atomic E-state index is 5.02. The Morgan fingerprint density at radius 2 is 2.11 bits per heavy atom. The summed E-state index contributed by atoms with van der Waals surface area (Å²) in [6, 6.07) is 2.17. The number of imidazole rings is 1. The Balaban J connectivity index is 2.28. The summed E-state index contributed by atoms with van der Waals surface area (Å²) in [5.41, 5.74) is 6.37. The van der Waals surface area contributed by atoms with E-state index in [2.05, 4.69) is 33.7 Å². The molecule has 0 N–H and O–H groups in total. The van der Waals surface area contributed by atoms with Gasteiger partial charge in [0.15, 0.2) is 0 Å². The van der Waals surface area contributed by atoms with E-state index < -0.39 is 0 Å². The molecule has 3 aromatic heterocycles. The lowest BCUT2D eigenvalue weighted by atomic mass is 10.1. The zero-order valence-electron chi connectivity index (χ0n) is 10.8. The molecule has 0 aliphatic carbocycles. The van der Waals surface area contributed by atoms with Gasteiger partial charge in [0.1, 0.15) is 11.9 Å². The number of fused-ring (bicyclic) bond motifs is 1. The van der Waals surface area contributed by atoms with Crippen molar-refractivity contribution >= 4 is 5.65 Å². The Morgan fingerprint density at radius 3 is 2.78 bits per heavy atom. The second-order valence-corrected chi connectivity index (χ2v) is 4.53. The van der Waals surface area contributed by atoms with Gasteiger partial charge in [-0.1, -0.05) is 12.1 Å². The van der Waals surface area contributed by atoms with Gasteiger partial charge >= 0.3 is 0 Å². The molecule has 0 unspecified atom stereocenters. The lowest BCUT2D eigenvalue weighted by Crippen LogP contribution is -1.93. The second kappa shape index (κ2) is 3.98. The molecule has 0 saturated carbocycles. The zero-order valence-corrected chi connectivity index (χ0v) is 10.8. The van der Waals surface area contributed by atoms with E-state index in [9.17, 15) is 0 Å². The van der Waals surface area contributed by atoms with Crippen LogP contribution in [0.4, 0.5) is 0 Å². The minimum Gasteiger partial charge on any atom is -0.364 e. The molecule has 0 amide bonds. The van der Waals surface area contributed by atoms with Gasteiger partial charge in [0.05, 0.1) is 11.4 Å². The molecule has 0 aliphatic rings. The highest BCUT2D eigenvalue weighted by atomic mass is 16.5. The lowest BCUT2D eigenvalue weighted by molar-refractivity contribution is 0.415. The van der Waals surface area contributed by atoms with E-state index in [4.69, 9.17) is 4.52 Å². The summed E-state index contributed by atoms with van der Waals surface area (Å²) >= 11 is 0. The predicted molar refractivity (Wildman–Crippen MR) is 69.5 cm³/mol. The number of aromatic nitrogens is 3. The fourth-order valence-corrected chi connectivity index (χ4v) is 2.27. The third-order valence-corrected chi connectivity index (χ3v) is 3.19. The van der Waals surface area contributed by atoms with Gasteiger partial charge in [-0.05, 0) is 31.9 Å². The van der Waals surface area contributed by atoms with Crippen LogP contribution in [-0.4, -0.2) is 14.5 Å². The summed E-state index contributed by atoms with van der Waals surface area (Å²) in [5.74, 6) is 0. The molecule has 0 saturated heterocycles. The van der Waals surface area contributed by atoms with E-state index in [1.54, 1.807) is 6.26 Å². The Morgan fingerprint density at radius 1 is 1.28 bits per heavy atom. The summed E-state index contributed by atoms with van der Waals surface area (Å²) < 4.78 is 7.09. The van der Waals surface area contributed by atoms with Gasteiger partial charge in [0.25, 0.3) is 0 Å². The Kier molecular flexibility index (Phi) is 2.44. The van der Waals surface area contributed by atoms with Gasteiger partial charge in [-0.3, -0.25) is 0 Å². The first kappa shape index (κ1) is 11.0. The highest BCUT2D eigenvalue weighted by molar-refractivity contribution is 5.68. The molecule has 0 bridgehead atoms. The Hall–Kier alpha value is -2.10. The van der Waals surface area contributed by atoms with Gasteiger partial charge in [-0.15, -0.1) is 0 Å². The zero-order chi connectivity index (χ0) is 12.7. The Labute approximate surface area is 105 Å². The van der Waals surface area contributed by atoms with Crippen LogP contribution in [0.5, 0.6) is 0 Å². The first-order valence-corrected chi connectivity index (χ1v) is 6.08. The predicted octanol–water partition coefficient (Wildman–Crippen LogP) is 3.17. The average Bonchev–Trinajstić information content (AvgIpc) is 2.92. The molecule has 3 heterocycles. The van der Waals surface area contributed by atoms with Crippen molar-refractivity contribution in [3.63, 3.8) is 0 Å². The number of aryl methyl sites for hydroxylation is 3. The fourth-order valence-electron chi connectivity index (χ4n) is 2.27. The highest BCUT2D eigenvalue weighted by Gasteiger charge is 2.11. The van der Waals surface area contributed by atoms with E-state index in [0.717, 1.165) is 34.6 Å². The fraction of sp³-hybridized carbons (Fsp3) is 0.286. The van der Waals surface area contributed by atoms with Crippen LogP contribution >= 0.6 is 0 Å². The van der Waals surface area contributed by atoms with Crippen LogP contribution in [0.1, 0.15) is 23.9 Å². The number of rotatable bonds is 2. The van der Waals surface area contributed by atoms with Crippen molar-refractivity contribution < 1.29 is 4.52 Å². The molecule has 3 rings (SSSR count). The van der Waals surface area contributed by atoms with E-state index in [1.165, 1.54) is 5.56 Å². The van der Waals surface area contributed by atoms with Crippen molar-refractivity contribution in [2.45, 2.75) is 27.2 Å². The highest BCUT2D eigenvalue weighted by Crippen LogP contribution is 2.25. The largest absolute Gasteiger partial charge is 0.364 e. The molecular formula is C14H15N3O. The molecule has 0 aromatic carbocycles. The molecule has 92 valence electrons. The summed E-state index contributed by atoms with van der Waals surface area (Å²) in [6.45, 7) is 6.11. The van der Waals surface area contributed by atoms with Gasteiger partial charge < -0.3 is 8.92 Å². The van der Waals surface area contributed by atoms with E-state index in [-0.39, 0.29) is 0 Å². The van der Waals surface area contributed by atoms with Crippen LogP contribution in [0.15, 0.2) is 29.2 Å². The van der Waals surface area contributed by atoms with Gasteiger partial charge in [-0.25, -0.2) is 4.98 Å². The normalized spacial score (nSPS) is 11.3. The van der Waals surface area contributed by atoms with Crippen molar-refractivity contribution in [3.8, 4) is 11.1 Å². The van der Waals surface area contributed by atoms with Crippen LogP contribution in [0.3, 0.4) is 0 Å². The Bertz CT molecular complexity index is 709. The minimum absolute atomic E-state index is 0.910. The summed E-state index contributed by atoms with van der Waals surface area (Å²) in [5, 5.41) is 3.93. The first-order chi connectivity index (χ1) is 8.69. The van der Waals surface area contributed by atoms with Crippen LogP contribution in [0.25, 0.3) is 16.8 Å². The number of hydrogen-bond donors (Lipinski definition) is 0. The summed E-state index contributed by atoms with van der Waals surface area (Å²) in [7, 11) is 0. The molecule has 4 heteroatoms. The van der Waals surface area contributed by atoms with E-state index in [1.807, 2.05) is 20.0 Å². The number of pyridine rings is 1. The van der Waals surface area contributed by atoms with E-state index >= 15 is 0 Å². The molecule has 0 atom stereocenters. The molecule has 0 aliphatic heterocycles. The van der Waals surface area contributed by atoms with Crippen LogP contribution in [-0.2, 0) is 6.42 Å². The first-order valence-electron chi connectivity index (χ1n) is 6.08. The molecule has 0 spiro atoms. The molecular weight excluding hydrogens is 226 g/mol. The quantitative estimate of drug-likeness (QED) is 0.692. The molecule has 4 nitrogen and oxygen atoms in total. The molecule has 3 aromatic rings. The second-order valence-electron chi connectivity index (χ2n) is 4.53. The van der Waals surface area contributed by atoms with Gasteiger partial charge in [-0.2, -0.15) is 0 Å². The van der Waals surface area contributed by atoms with Crippen molar-refractivity contribution in [2.75, 3.05) is 0 Å². The molecule has 0 radical (unpaired) electrons. The average molecular weight is 241 g/mol. The van der Waals surface area contributed by atoms with E-state index in [0.29, 0.717) is 0 Å². The molecule has 0 fully saturated rings. The van der Waals surface area contributed by atoms with Gasteiger partial charge in [0.2, 0.25) is 0 Å². The van der Waals surface area contributed by atoms with Crippen molar-refractivity contribution in [1.82, 2.24) is 14.5 Å². The molecule has 18 heavy (non-hydrogen) atoms. The van der Waals surface area contributed by atoms with Crippen LogP contribution in [0.2, 0.25) is 0 Å². The topological polar surface area (TPSA) is 43.3 Å². The van der Waals surface area contributed by atoms with Crippen LogP contribution < -0.4 is 0 Å². The van der Waals surface area contributed by atoms with Gasteiger partial charge in [0, 0.05) is 23.5 Å². The summed E-state index contributed by atoms with van der Waals surface area (Å²) in [6.07, 6.45) is 6.77. The van der Waals surface area contributed by atoms with Crippen molar-refractivity contribution in [1.29, 1.82) is 0 Å². The van der Waals surface area contributed by atoms with Crippen LogP contribution in [0, 0.1) is 13.8 Å². The lowest BCUT2D eigenvalue weighted by Gasteiger charge is -2.05. The SMILES string of the molecule is CCc1cc(-c2conc2C)cn2cc(C)nc12. The summed E-state index contributed by atoms with van der Waals surface area (Å²) in [4.78, 5) is 4.55. The van der Waals surface area contributed by atoms with Crippen molar-refractivity contribution in [2.24, 2.45) is 0 Å². The third-order valence-electron chi connectivity index (χ3n) is 3.19. The number of hydrogen-bond acceptors (Lipinski definition) is 3. The number of nitrogens with zero attached hydrogens (tertiary/aromatic N) is 3. The minimum atomic E-state index is 0.910. The monoisotopic (exact) mass is 241 g/mol. The maximum Gasteiger partial charge on any atom is 0.140 e. The standard InChI is InChI=1S/C14H15N3O/c1-4-11-5-12(13-8-18-16-10(13)3)7-17-6-9(2)15-14(11)17/h5-8H,4H2,1-3H3.